The van der Waals surface area contributed by atoms with Crippen LogP contribution in [0.5, 0.6) is 0 Å². The second-order valence-corrected chi connectivity index (χ2v) is 4.19. The summed E-state index contributed by atoms with van der Waals surface area (Å²) in [6.07, 6.45) is 2.92. The molecular formula is C12H26N2O2. The Labute approximate surface area is 99.1 Å². The number of hydrogen-bond acceptors (Lipinski definition) is 3. The zero-order valence-electron chi connectivity index (χ0n) is 10.8. The van der Waals surface area contributed by atoms with E-state index < -0.39 is 0 Å². The highest BCUT2D eigenvalue weighted by Crippen LogP contribution is 2.08. The third kappa shape index (κ3) is 9.93. The third-order valence-corrected chi connectivity index (χ3v) is 2.42. The highest BCUT2D eigenvalue weighted by Gasteiger charge is 2.06. The van der Waals surface area contributed by atoms with Gasteiger partial charge in [-0.25, -0.2) is 0 Å². The number of hydrogen-bond donors (Lipinski definition) is 2. The van der Waals surface area contributed by atoms with Crippen molar-refractivity contribution in [3.05, 3.63) is 0 Å². The fourth-order valence-corrected chi connectivity index (χ4v) is 1.57. The molecule has 1 atom stereocenters. The molecule has 0 fully saturated rings. The number of nitrogens with one attached hydrogen (secondary N) is 2. The lowest BCUT2D eigenvalue weighted by molar-refractivity contribution is -0.121. The molecule has 0 saturated carbocycles. The summed E-state index contributed by atoms with van der Waals surface area (Å²) in [5.74, 6) is 0.654. The van der Waals surface area contributed by atoms with Gasteiger partial charge in [-0.05, 0) is 5.92 Å². The van der Waals surface area contributed by atoms with Gasteiger partial charge in [-0.1, -0.05) is 26.7 Å². The first kappa shape index (κ1) is 15.4. The van der Waals surface area contributed by atoms with E-state index in [0.29, 0.717) is 25.5 Å². The van der Waals surface area contributed by atoms with Crippen LogP contribution in [0.15, 0.2) is 0 Å². The van der Waals surface area contributed by atoms with Crippen molar-refractivity contribution in [3.63, 3.8) is 0 Å². The summed E-state index contributed by atoms with van der Waals surface area (Å²) in [7, 11) is 1.68. The Morgan fingerprint density at radius 3 is 2.69 bits per heavy atom. The van der Waals surface area contributed by atoms with Crippen molar-refractivity contribution in [2.75, 3.05) is 33.4 Å². The number of methoxy groups -OCH3 is 1. The molecule has 0 spiro atoms. The second-order valence-electron chi connectivity index (χ2n) is 4.19. The molecule has 0 aromatic carbocycles. The van der Waals surface area contributed by atoms with E-state index in [2.05, 4.69) is 24.5 Å². The molecule has 1 unspecified atom stereocenters. The predicted octanol–water partition coefficient (Wildman–Crippen LogP) is 1.16. The summed E-state index contributed by atoms with van der Waals surface area (Å²) in [5.41, 5.74) is 0. The van der Waals surface area contributed by atoms with Crippen LogP contribution < -0.4 is 10.6 Å². The highest BCUT2D eigenvalue weighted by molar-refractivity contribution is 5.76. The van der Waals surface area contributed by atoms with Crippen molar-refractivity contribution in [1.82, 2.24) is 10.6 Å². The lowest BCUT2D eigenvalue weighted by Gasteiger charge is -2.10. The number of carbonyl (C=O) groups excluding carboxylic acids is 1. The van der Waals surface area contributed by atoms with Gasteiger partial charge in [-0.15, -0.1) is 0 Å². The van der Waals surface area contributed by atoms with Crippen molar-refractivity contribution in [3.8, 4) is 0 Å². The van der Waals surface area contributed by atoms with E-state index in [0.717, 1.165) is 25.9 Å². The minimum Gasteiger partial charge on any atom is -0.383 e. The van der Waals surface area contributed by atoms with Gasteiger partial charge in [0, 0.05) is 33.2 Å². The molecular weight excluding hydrogens is 204 g/mol. The molecule has 4 heteroatoms. The van der Waals surface area contributed by atoms with Gasteiger partial charge in [-0.2, -0.15) is 0 Å². The van der Waals surface area contributed by atoms with Gasteiger partial charge in [0.25, 0.3) is 0 Å². The Hall–Kier alpha value is -0.610. The minimum absolute atomic E-state index is 0.162. The maximum Gasteiger partial charge on any atom is 0.220 e. The first-order valence-corrected chi connectivity index (χ1v) is 6.17. The molecule has 0 aliphatic heterocycles. The van der Waals surface area contributed by atoms with Crippen molar-refractivity contribution in [2.45, 2.75) is 33.1 Å². The highest BCUT2D eigenvalue weighted by atomic mass is 16.5. The van der Waals surface area contributed by atoms with Crippen molar-refractivity contribution in [1.29, 1.82) is 0 Å². The van der Waals surface area contributed by atoms with Gasteiger partial charge in [0.1, 0.15) is 0 Å². The normalized spacial score (nSPS) is 12.4. The van der Waals surface area contributed by atoms with Crippen LogP contribution in [-0.2, 0) is 9.53 Å². The average Bonchev–Trinajstić information content (AvgIpc) is 2.23. The van der Waals surface area contributed by atoms with Crippen molar-refractivity contribution in [2.24, 2.45) is 5.92 Å². The van der Waals surface area contributed by atoms with Crippen molar-refractivity contribution < 1.29 is 9.53 Å². The van der Waals surface area contributed by atoms with Gasteiger partial charge in [0.15, 0.2) is 0 Å². The largest absolute Gasteiger partial charge is 0.383 e. The van der Waals surface area contributed by atoms with E-state index >= 15 is 0 Å². The molecule has 16 heavy (non-hydrogen) atoms. The maximum absolute atomic E-state index is 11.5. The quantitative estimate of drug-likeness (QED) is 0.554. The first-order valence-electron chi connectivity index (χ1n) is 6.17. The number of rotatable bonds is 10. The minimum atomic E-state index is 0.162. The predicted molar refractivity (Wildman–Crippen MR) is 66.4 cm³/mol. The van der Waals surface area contributed by atoms with Crippen LogP contribution in [-0.4, -0.2) is 39.3 Å². The summed E-state index contributed by atoms with van der Waals surface area (Å²) in [6.45, 7) is 7.31. The van der Waals surface area contributed by atoms with Gasteiger partial charge in [0.2, 0.25) is 5.91 Å². The van der Waals surface area contributed by atoms with Crippen LogP contribution in [0.4, 0.5) is 0 Å². The van der Waals surface area contributed by atoms with Crippen LogP contribution in [0.1, 0.15) is 33.1 Å². The summed E-state index contributed by atoms with van der Waals surface area (Å²) >= 11 is 0. The van der Waals surface area contributed by atoms with E-state index in [1.165, 1.54) is 0 Å². The number of carbonyl (C=O) groups is 1. The molecule has 0 radical (unpaired) electrons. The van der Waals surface area contributed by atoms with E-state index in [4.69, 9.17) is 4.74 Å². The topological polar surface area (TPSA) is 50.4 Å². The first-order chi connectivity index (χ1) is 7.70. The zero-order valence-corrected chi connectivity index (χ0v) is 10.8. The molecule has 0 aliphatic rings. The molecule has 0 saturated heterocycles. The SMILES string of the molecule is CCCC(C)CC(=O)NCCNCCOC. The van der Waals surface area contributed by atoms with Gasteiger partial charge < -0.3 is 15.4 Å². The van der Waals surface area contributed by atoms with E-state index in [-0.39, 0.29) is 5.91 Å². The maximum atomic E-state index is 11.5. The summed E-state index contributed by atoms with van der Waals surface area (Å²) in [6, 6.07) is 0. The molecule has 0 aromatic rings. The van der Waals surface area contributed by atoms with Gasteiger partial charge >= 0.3 is 0 Å². The molecule has 0 aromatic heterocycles. The third-order valence-electron chi connectivity index (χ3n) is 2.42. The van der Waals surface area contributed by atoms with Crippen LogP contribution in [0, 0.1) is 5.92 Å². The summed E-state index contributed by atoms with van der Waals surface area (Å²) in [5, 5.41) is 6.09. The standard InChI is InChI=1S/C12H26N2O2/c1-4-5-11(2)10-12(15)14-7-6-13-8-9-16-3/h11,13H,4-10H2,1-3H3,(H,14,15). The van der Waals surface area contributed by atoms with Crippen LogP contribution >= 0.6 is 0 Å². The Kier molecular flexibility index (Phi) is 10.5. The van der Waals surface area contributed by atoms with Gasteiger partial charge in [-0.3, -0.25) is 4.79 Å². The fraction of sp³-hybridized carbons (Fsp3) is 0.917. The summed E-state index contributed by atoms with van der Waals surface area (Å²) in [4.78, 5) is 11.5. The van der Waals surface area contributed by atoms with E-state index in [1.54, 1.807) is 7.11 Å². The fourth-order valence-electron chi connectivity index (χ4n) is 1.57. The average molecular weight is 230 g/mol. The Morgan fingerprint density at radius 2 is 2.06 bits per heavy atom. The molecule has 0 bridgehead atoms. The van der Waals surface area contributed by atoms with Gasteiger partial charge in [0.05, 0.1) is 6.61 Å². The smallest absolute Gasteiger partial charge is 0.220 e. The lowest BCUT2D eigenvalue weighted by Crippen LogP contribution is -2.33. The van der Waals surface area contributed by atoms with Crippen LogP contribution in [0.25, 0.3) is 0 Å². The monoisotopic (exact) mass is 230 g/mol. The van der Waals surface area contributed by atoms with Crippen molar-refractivity contribution >= 4 is 5.91 Å². The lowest BCUT2D eigenvalue weighted by atomic mass is 10.0. The molecule has 1 amide bonds. The molecule has 0 aliphatic carbocycles. The summed E-state index contributed by atoms with van der Waals surface area (Å²) < 4.78 is 4.90. The Morgan fingerprint density at radius 1 is 1.31 bits per heavy atom. The van der Waals surface area contributed by atoms with E-state index in [9.17, 15) is 4.79 Å². The second kappa shape index (κ2) is 10.9. The molecule has 96 valence electrons. The Balaban J connectivity index is 3.30. The number of ether oxygens (including phenoxy) is 1. The van der Waals surface area contributed by atoms with Crippen LogP contribution in [0.2, 0.25) is 0 Å². The number of amides is 1. The Bertz CT molecular complexity index is 174. The molecule has 0 heterocycles. The molecule has 4 nitrogen and oxygen atoms in total. The van der Waals surface area contributed by atoms with E-state index in [1.807, 2.05) is 0 Å². The van der Waals surface area contributed by atoms with Crippen LogP contribution in [0.3, 0.4) is 0 Å². The zero-order chi connectivity index (χ0) is 12.2. The molecule has 2 N–H and O–H groups in total. The molecule has 0 rings (SSSR count).